The van der Waals surface area contributed by atoms with E-state index >= 15 is 0 Å². The summed E-state index contributed by atoms with van der Waals surface area (Å²) in [4.78, 5) is 19.0. The predicted octanol–water partition coefficient (Wildman–Crippen LogP) is 1.79. The van der Waals surface area contributed by atoms with E-state index in [1.54, 1.807) is 17.7 Å². The topological polar surface area (TPSA) is 47.4 Å². The fourth-order valence-corrected chi connectivity index (χ4v) is 2.94. The van der Waals surface area contributed by atoms with Crippen LogP contribution in [-0.4, -0.2) is 28.1 Å². The van der Waals surface area contributed by atoms with Gasteiger partial charge in [-0.3, -0.25) is 14.3 Å². The molecule has 1 aromatic heterocycles. The lowest BCUT2D eigenvalue weighted by Gasteiger charge is -2.28. The Kier molecular flexibility index (Phi) is 4.17. The van der Waals surface area contributed by atoms with Crippen LogP contribution >= 0.6 is 0 Å². The van der Waals surface area contributed by atoms with Crippen LogP contribution in [0, 0.1) is 12.7 Å². The first kappa shape index (κ1) is 15.7. The molecule has 6 heteroatoms. The first-order valence-electron chi connectivity index (χ1n) is 7.59. The zero-order valence-electron chi connectivity index (χ0n) is 13.6. The van der Waals surface area contributed by atoms with E-state index in [1.807, 2.05) is 13.0 Å². The van der Waals surface area contributed by atoms with E-state index < -0.39 is 0 Å². The fourth-order valence-electron chi connectivity index (χ4n) is 2.94. The Labute approximate surface area is 134 Å². The summed E-state index contributed by atoms with van der Waals surface area (Å²) in [5.41, 5.74) is 2.52. The first-order valence-corrected chi connectivity index (χ1v) is 7.59. The molecule has 2 aromatic rings. The Morgan fingerprint density at radius 1 is 1.39 bits per heavy atom. The molecule has 23 heavy (non-hydrogen) atoms. The monoisotopic (exact) mass is 317 g/mol. The van der Waals surface area contributed by atoms with Crippen LogP contribution in [0.4, 0.5) is 4.39 Å². The van der Waals surface area contributed by atoms with Gasteiger partial charge in [0, 0.05) is 33.1 Å². The third-order valence-electron chi connectivity index (χ3n) is 4.36. The minimum absolute atomic E-state index is 0.0121. The lowest BCUT2D eigenvalue weighted by atomic mass is 10.1. The number of hydrogen-bond acceptors (Lipinski definition) is 4. The average molecular weight is 317 g/mol. The van der Waals surface area contributed by atoms with Gasteiger partial charge < -0.3 is 4.74 Å². The minimum Gasteiger partial charge on any atom is -0.494 e. The zero-order chi connectivity index (χ0) is 16.6. The van der Waals surface area contributed by atoms with Crippen molar-refractivity contribution in [2.24, 2.45) is 7.05 Å². The van der Waals surface area contributed by atoms with Crippen molar-refractivity contribution >= 4 is 0 Å². The summed E-state index contributed by atoms with van der Waals surface area (Å²) in [6.45, 7) is 3.79. The molecule has 0 saturated carbocycles. The van der Waals surface area contributed by atoms with Gasteiger partial charge in [0.1, 0.15) is 5.82 Å². The molecule has 0 fully saturated rings. The van der Waals surface area contributed by atoms with Gasteiger partial charge in [0.05, 0.1) is 18.4 Å². The molecule has 0 amide bonds. The Morgan fingerprint density at radius 2 is 2.17 bits per heavy atom. The SMILES string of the molecule is COc1ccc(CN2CCc3nc(C)n(C)c(=O)c3C2)cc1F. The molecule has 0 saturated heterocycles. The Bertz CT molecular complexity index is 801. The van der Waals surface area contributed by atoms with Crippen LogP contribution in [0.5, 0.6) is 5.75 Å². The second-order valence-electron chi connectivity index (χ2n) is 5.88. The van der Waals surface area contributed by atoms with E-state index in [4.69, 9.17) is 4.74 Å². The van der Waals surface area contributed by atoms with E-state index in [0.717, 1.165) is 35.6 Å². The largest absolute Gasteiger partial charge is 0.494 e. The molecule has 5 nitrogen and oxygen atoms in total. The molecule has 1 aliphatic rings. The second-order valence-corrected chi connectivity index (χ2v) is 5.88. The van der Waals surface area contributed by atoms with Crippen molar-refractivity contribution in [2.45, 2.75) is 26.4 Å². The number of benzene rings is 1. The van der Waals surface area contributed by atoms with E-state index in [9.17, 15) is 9.18 Å². The van der Waals surface area contributed by atoms with Crippen molar-refractivity contribution in [3.05, 3.63) is 57.0 Å². The summed E-state index contributed by atoms with van der Waals surface area (Å²) >= 11 is 0. The number of aromatic nitrogens is 2. The predicted molar refractivity (Wildman–Crippen MR) is 85.0 cm³/mol. The highest BCUT2D eigenvalue weighted by atomic mass is 19.1. The molecule has 0 atom stereocenters. The van der Waals surface area contributed by atoms with Crippen LogP contribution in [0.15, 0.2) is 23.0 Å². The Hall–Kier alpha value is -2.21. The van der Waals surface area contributed by atoms with Gasteiger partial charge >= 0.3 is 0 Å². The Morgan fingerprint density at radius 3 is 2.87 bits per heavy atom. The fraction of sp³-hybridized carbons (Fsp3) is 0.412. The van der Waals surface area contributed by atoms with E-state index in [-0.39, 0.29) is 17.1 Å². The van der Waals surface area contributed by atoms with E-state index in [2.05, 4.69) is 9.88 Å². The quantitative estimate of drug-likeness (QED) is 0.866. The van der Waals surface area contributed by atoms with Crippen molar-refractivity contribution in [1.82, 2.24) is 14.5 Å². The molecule has 122 valence electrons. The summed E-state index contributed by atoms with van der Waals surface area (Å²) in [5, 5.41) is 0. The van der Waals surface area contributed by atoms with Crippen molar-refractivity contribution in [2.75, 3.05) is 13.7 Å². The first-order chi connectivity index (χ1) is 11.0. The van der Waals surface area contributed by atoms with Crippen LogP contribution in [-0.2, 0) is 26.6 Å². The molecule has 0 spiro atoms. The molecule has 0 N–H and O–H groups in total. The van der Waals surface area contributed by atoms with Gasteiger partial charge in [0.15, 0.2) is 11.6 Å². The van der Waals surface area contributed by atoms with E-state index in [0.29, 0.717) is 13.1 Å². The van der Waals surface area contributed by atoms with Crippen LogP contribution in [0.2, 0.25) is 0 Å². The second kappa shape index (κ2) is 6.12. The number of nitrogens with zero attached hydrogens (tertiary/aromatic N) is 3. The Balaban J connectivity index is 1.81. The molecular weight excluding hydrogens is 297 g/mol. The van der Waals surface area contributed by atoms with Crippen molar-refractivity contribution in [3.8, 4) is 5.75 Å². The maximum atomic E-state index is 13.8. The number of ether oxygens (including phenoxy) is 1. The normalized spacial score (nSPS) is 14.6. The molecular formula is C17H20FN3O2. The van der Waals surface area contributed by atoms with Crippen molar-refractivity contribution in [1.29, 1.82) is 0 Å². The van der Waals surface area contributed by atoms with Crippen molar-refractivity contribution < 1.29 is 9.13 Å². The van der Waals surface area contributed by atoms with Gasteiger partial charge in [0.2, 0.25) is 0 Å². The van der Waals surface area contributed by atoms with Crippen LogP contribution < -0.4 is 10.3 Å². The number of rotatable bonds is 3. The maximum absolute atomic E-state index is 13.8. The summed E-state index contributed by atoms with van der Waals surface area (Å²) in [6, 6.07) is 4.97. The third kappa shape index (κ3) is 2.99. The molecule has 3 rings (SSSR count). The number of fused-ring (bicyclic) bond motifs is 1. The minimum atomic E-state index is -0.365. The van der Waals surface area contributed by atoms with Gasteiger partial charge in [-0.1, -0.05) is 6.07 Å². The average Bonchev–Trinajstić information content (AvgIpc) is 2.54. The lowest BCUT2D eigenvalue weighted by Crippen LogP contribution is -2.37. The lowest BCUT2D eigenvalue weighted by molar-refractivity contribution is 0.240. The zero-order valence-corrected chi connectivity index (χ0v) is 13.6. The van der Waals surface area contributed by atoms with Gasteiger partial charge in [-0.15, -0.1) is 0 Å². The van der Waals surface area contributed by atoms with Crippen LogP contribution in [0.25, 0.3) is 0 Å². The summed E-state index contributed by atoms with van der Waals surface area (Å²) < 4.78 is 20.3. The molecule has 0 radical (unpaired) electrons. The number of hydrogen-bond donors (Lipinski definition) is 0. The summed E-state index contributed by atoms with van der Waals surface area (Å²) in [5.74, 6) is 0.612. The van der Waals surface area contributed by atoms with Gasteiger partial charge in [0.25, 0.3) is 5.56 Å². The number of aryl methyl sites for hydroxylation is 1. The van der Waals surface area contributed by atoms with Gasteiger partial charge in [-0.25, -0.2) is 9.37 Å². The van der Waals surface area contributed by atoms with Gasteiger partial charge in [-0.2, -0.15) is 0 Å². The number of halogens is 1. The van der Waals surface area contributed by atoms with Gasteiger partial charge in [-0.05, 0) is 24.6 Å². The molecule has 1 aromatic carbocycles. The molecule has 1 aliphatic heterocycles. The maximum Gasteiger partial charge on any atom is 0.257 e. The summed E-state index contributed by atoms with van der Waals surface area (Å²) in [6.07, 6.45) is 0.741. The standard InChI is InChI=1S/C17H20FN3O2/c1-11-19-15-6-7-21(10-13(15)17(22)20(11)2)9-12-4-5-16(23-3)14(18)8-12/h4-5,8H,6-7,9-10H2,1-3H3. The van der Waals surface area contributed by atoms with Crippen LogP contribution in [0.1, 0.15) is 22.6 Å². The molecule has 2 heterocycles. The highest BCUT2D eigenvalue weighted by Gasteiger charge is 2.22. The molecule has 0 aliphatic carbocycles. The molecule has 0 bridgehead atoms. The molecule has 0 unspecified atom stereocenters. The van der Waals surface area contributed by atoms with Crippen molar-refractivity contribution in [3.63, 3.8) is 0 Å². The summed E-state index contributed by atoms with van der Waals surface area (Å²) in [7, 11) is 3.19. The highest BCUT2D eigenvalue weighted by Crippen LogP contribution is 2.21. The van der Waals surface area contributed by atoms with E-state index in [1.165, 1.54) is 13.2 Å². The third-order valence-corrected chi connectivity index (χ3v) is 4.36. The number of methoxy groups -OCH3 is 1. The highest BCUT2D eigenvalue weighted by molar-refractivity contribution is 5.29. The smallest absolute Gasteiger partial charge is 0.257 e. The van der Waals surface area contributed by atoms with Crippen LogP contribution in [0.3, 0.4) is 0 Å².